The average Bonchev–Trinajstić information content (AvgIpc) is 2.66. The highest BCUT2D eigenvalue weighted by molar-refractivity contribution is 7.92. The van der Waals surface area contributed by atoms with Gasteiger partial charge in [-0.3, -0.25) is 4.72 Å². The predicted molar refractivity (Wildman–Crippen MR) is 107 cm³/mol. The van der Waals surface area contributed by atoms with Crippen molar-refractivity contribution in [1.82, 2.24) is 0 Å². The lowest BCUT2D eigenvalue weighted by Gasteiger charge is -2.15. The molecule has 0 aliphatic rings. The third-order valence-electron chi connectivity index (χ3n) is 3.95. The number of hydrogen-bond acceptors (Lipinski definition) is 7. The number of aryl methyl sites for hydroxylation is 1. The topological polar surface area (TPSA) is 108 Å². The van der Waals surface area contributed by atoms with Crippen molar-refractivity contribution >= 4 is 27.6 Å². The lowest BCUT2D eigenvalue weighted by molar-refractivity contribution is 0.0377. The molecule has 0 amide bonds. The number of ether oxygens (including phenoxy) is 3. The summed E-state index contributed by atoms with van der Waals surface area (Å²) in [5.74, 6) is -1.02. The molecule has 0 radical (unpaired) electrons. The fraction of sp³-hybridized carbons (Fsp3) is 0.300. The summed E-state index contributed by atoms with van der Waals surface area (Å²) in [7, 11) is -1.49. The molecule has 2 aromatic rings. The normalized spacial score (nSPS) is 11.1. The van der Waals surface area contributed by atoms with Gasteiger partial charge >= 0.3 is 11.9 Å². The third-order valence-corrected chi connectivity index (χ3v) is 5.31. The Balaban J connectivity index is 2.44. The van der Waals surface area contributed by atoms with E-state index in [1.807, 2.05) is 0 Å². The van der Waals surface area contributed by atoms with Crippen LogP contribution in [0.2, 0.25) is 0 Å². The molecule has 8 nitrogen and oxygen atoms in total. The van der Waals surface area contributed by atoms with Gasteiger partial charge in [-0.1, -0.05) is 6.07 Å². The molecule has 29 heavy (non-hydrogen) atoms. The summed E-state index contributed by atoms with van der Waals surface area (Å²) in [6, 6.07) is 8.37. The molecule has 2 rings (SSSR count). The number of carbonyl (C=O) groups excluding carboxylic acids is 2. The Morgan fingerprint density at radius 2 is 1.69 bits per heavy atom. The number of anilines is 1. The summed E-state index contributed by atoms with van der Waals surface area (Å²) in [5, 5.41) is 0. The summed E-state index contributed by atoms with van der Waals surface area (Å²) >= 11 is 0. The van der Waals surface area contributed by atoms with Crippen LogP contribution in [0.5, 0.6) is 5.75 Å². The smallest absolute Gasteiger partial charge is 0.338 e. The average molecular weight is 421 g/mol. The second kappa shape index (κ2) is 8.95. The summed E-state index contributed by atoms with van der Waals surface area (Å²) < 4.78 is 43.1. The van der Waals surface area contributed by atoms with E-state index in [0.29, 0.717) is 5.56 Å². The number of nitrogens with one attached hydrogen (secondary N) is 1. The van der Waals surface area contributed by atoms with E-state index in [1.165, 1.54) is 50.6 Å². The predicted octanol–water partition coefficient (Wildman–Crippen LogP) is 3.16. The van der Waals surface area contributed by atoms with Crippen LogP contribution in [0.15, 0.2) is 41.3 Å². The lowest BCUT2D eigenvalue weighted by Crippen LogP contribution is -2.16. The van der Waals surface area contributed by atoms with Crippen molar-refractivity contribution in [3.63, 3.8) is 0 Å². The Labute approximate surface area is 169 Å². The van der Waals surface area contributed by atoms with Gasteiger partial charge in [-0.05, 0) is 56.7 Å². The number of sulfonamides is 1. The van der Waals surface area contributed by atoms with Gasteiger partial charge in [0, 0.05) is 0 Å². The van der Waals surface area contributed by atoms with E-state index in [2.05, 4.69) is 9.46 Å². The molecule has 0 atom stereocenters. The maximum Gasteiger partial charge on any atom is 0.338 e. The maximum absolute atomic E-state index is 12.9. The van der Waals surface area contributed by atoms with Crippen LogP contribution in [0.1, 0.15) is 40.1 Å². The first kappa shape index (κ1) is 22.2. The van der Waals surface area contributed by atoms with E-state index in [1.54, 1.807) is 20.8 Å². The van der Waals surface area contributed by atoms with Gasteiger partial charge in [0.25, 0.3) is 10.0 Å². The molecule has 0 unspecified atom stereocenters. The molecule has 0 aliphatic carbocycles. The van der Waals surface area contributed by atoms with Crippen LogP contribution in [0, 0.1) is 6.92 Å². The lowest BCUT2D eigenvalue weighted by atomic mass is 10.1. The maximum atomic E-state index is 12.9. The Hall–Kier alpha value is -3.07. The van der Waals surface area contributed by atoms with E-state index < -0.39 is 22.0 Å². The fourth-order valence-electron chi connectivity index (χ4n) is 2.50. The molecule has 0 bridgehead atoms. The molecule has 0 fully saturated rings. The standard InChI is InChI=1S/C20H23NO7S/c1-12(2)28-19(22)14-7-9-18(26-4)17(10-14)21-29(24,25)15-8-6-13(3)16(11-15)20(23)27-5/h6-12,21H,1-5H3. The molecular formula is C20H23NO7S. The zero-order valence-corrected chi connectivity index (χ0v) is 17.6. The highest BCUT2D eigenvalue weighted by atomic mass is 32.2. The van der Waals surface area contributed by atoms with E-state index >= 15 is 0 Å². The Morgan fingerprint density at radius 1 is 1.00 bits per heavy atom. The van der Waals surface area contributed by atoms with Crippen molar-refractivity contribution in [2.75, 3.05) is 18.9 Å². The van der Waals surface area contributed by atoms with Crippen molar-refractivity contribution in [3.05, 3.63) is 53.1 Å². The molecule has 0 saturated heterocycles. The minimum absolute atomic E-state index is 0.0610. The molecule has 0 spiro atoms. The summed E-state index contributed by atoms with van der Waals surface area (Å²) in [5.41, 5.74) is 0.936. The largest absolute Gasteiger partial charge is 0.495 e. The van der Waals surface area contributed by atoms with Crippen LogP contribution in [-0.2, 0) is 19.5 Å². The van der Waals surface area contributed by atoms with Crippen molar-refractivity contribution in [1.29, 1.82) is 0 Å². The number of rotatable bonds is 7. The Morgan fingerprint density at radius 3 is 2.28 bits per heavy atom. The highest BCUT2D eigenvalue weighted by Crippen LogP contribution is 2.29. The van der Waals surface area contributed by atoms with Gasteiger partial charge in [0.15, 0.2) is 0 Å². The van der Waals surface area contributed by atoms with Gasteiger partial charge in [-0.2, -0.15) is 0 Å². The van der Waals surface area contributed by atoms with Gasteiger partial charge in [-0.25, -0.2) is 18.0 Å². The molecule has 2 aromatic carbocycles. The summed E-state index contributed by atoms with van der Waals surface area (Å²) in [6.07, 6.45) is -0.325. The first-order chi connectivity index (χ1) is 13.6. The number of esters is 2. The van der Waals surface area contributed by atoms with E-state index in [0.717, 1.165) is 0 Å². The molecular weight excluding hydrogens is 398 g/mol. The van der Waals surface area contributed by atoms with Gasteiger partial charge in [0.1, 0.15) is 5.75 Å². The minimum Gasteiger partial charge on any atom is -0.495 e. The van der Waals surface area contributed by atoms with Gasteiger partial charge < -0.3 is 14.2 Å². The first-order valence-electron chi connectivity index (χ1n) is 8.70. The van der Waals surface area contributed by atoms with Crippen LogP contribution in [0.3, 0.4) is 0 Å². The molecule has 0 heterocycles. The highest BCUT2D eigenvalue weighted by Gasteiger charge is 2.21. The Kier molecular flexibility index (Phi) is 6.86. The summed E-state index contributed by atoms with van der Waals surface area (Å²) in [6.45, 7) is 5.09. The van der Waals surface area contributed by atoms with Crippen molar-refractivity contribution in [2.24, 2.45) is 0 Å². The minimum atomic E-state index is -4.08. The van der Waals surface area contributed by atoms with Crippen LogP contribution in [0.4, 0.5) is 5.69 Å². The van der Waals surface area contributed by atoms with E-state index in [-0.39, 0.29) is 33.6 Å². The Bertz CT molecular complexity index is 1030. The molecule has 156 valence electrons. The van der Waals surface area contributed by atoms with Gasteiger partial charge in [0.2, 0.25) is 0 Å². The van der Waals surface area contributed by atoms with Gasteiger partial charge in [0.05, 0.1) is 42.0 Å². The molecule has 0 aromatic heterocycles. The SMILES string of the molecule is COC(=O)c1cc(S(=O)(=O)Nc2cc(C(=O)OC(C)C)ccc2OC)ccc1C. The zero-order valence-electron chi connectivity index (χ0n) is 16.8. The van der Waals surface area contributed by atoms with Crippen molar-refractivity contribution < 1.29 is 32.2 Å². The second-order valence-corrected chi connectivity index (χ2v) is 8.13. The zero-order chi connectivity index (χ0) is 21.8. The monoisotopic (exact) mass is 421 g/mol. The fourth-order valence-corrected chi connectivity index (χ4v) is 3.59. The number of carbonyl (C=O) groups is 2. The van der Waals surface area contributed by atoms with Crippen LogP contribution >= 0.6 is 0 Å². The third kappa shape index (κ3) is 5.26. The molecule has 9 heteroatoms. The van der Waals surface area contributed by atoms with Crippen LogP contribution in [0.25, 0.3) is 0 Å². The van der Waals surface area contributed by atoms with Crippen LogP contribution < -0.4 is 9.46 Å². The quantitative estimate of drug-likeness (QED) is 0.684. The van der Waals surface area contributed by atoms with E-state index in [9.17, 15) is 18.0 Å². The molecule has 0 aliphatic heterocycles. The van der Waals surface area contributed by atoms with Crippen molar-refractivity contribution in [2.45, 2.75) is 31.8 Å². The number of hydrogen-bond donors (Lipinski definition) is 1. The summed E-state index contributed by atoms with van der Waals surface area (Å²) in [4.78, 5) is 23.9. The molecule has 1 N–H and O–H groups in total. The van der Waals surface area contributed by atoms with E-state index in [4.69, 9.17) is 9.47 Å². The second-order valence-electron chi connectivity index (χ2n) is 6.44. The van der Waals surface area contributed by atoms with Crippen molar-refractivity contribution in [3.8, 4) is 5.75 Å². The van der Waals surface area contributed by atoms with Crippen LogP contribution in [-0.4, -0.2) is 40.7 Å². The molecule has 0 saturated carbocycles. The number of methoxy groups -OCH3 is 2. The van der Waals surface area contributed by atoms with Gasteiger partial charge in [-0.15, -0.1) is 0 Å². The first-order valence-corrected chi connectivity index (χ1v) is 10.2. The number of benzene rings is 2.